The van der Waals surface area contributed by atoms with E-state index in [0.717, 1.165) is 23.4 Å². The first-order chi connectivity index (χ1) is 8.70. The molecule has 1 aliphatic carbocycles. The molecule has 1 amide bonds. The predicted octanol–water partition coefficient (Wildman–Crippen LogP) is 1.42. The summed E-state index contributed by atoms with van der Waals surface area (Å²) >= 11 is 4.28. The molecule has 96 valence electrons. The summed E-state index contributed by atoms with van der Waals surface area (Å²) in [7, 11) is 0. The van der Waals surface area contributed by atoms with Crippen LogP contribution in [0.15, 0.2) is 24.3 Å². The van der Waals surface area contributed by atoms with Crippen molar-refractivity contribution in [2.45, 2.75) is 25.0 Å². The Kier molecular flexibility index (Phi) is 3.08. The topological polar surface area (TPSA) is 40.5 Å². The van der Waals surface area contributed by atoms with Crippen molar-refractivity contribution >= 4 is 18.5 Å². The van der Waals surface area contributed by atoms with E-state index in [1.807, 2.05) is 29.2 Å². The second kappa shape index (κ2) is 4.59. The van der Waals surface area contributed by atoms with Gasteiger partial charge in [-0.25, -0.2) is 0 Å². The SMILES string of the molecule is O=C1CC(CS)CN1[C@@H]1c2ccccc2C[C@@H]1O. The number of hydrogen-bond donors (Lipinski definition) is 2. The van der Waals surface area contributed by atoms with Gasteiger partial charge in [-0.2, -0.15) is 12.6 Å². The Balaban J connectivity index is 1.91. The molecule has 0 aromatic heterocycles. The molecule has 1 aliphatic heterocycles. The molecular formula is C14H17NO2S. The lowest BCUT2D eigenvalue weighted by molar-refractivity contribution is -0.131. The van der Waals surface area contributed by atoms with Crippen LogP contribution >= 0.6 is 12.6 Å². The minimum Gasteiger partial charge on any atom is -0.390 e. The van der Waals surface area contributed by atoms with Gasteiger partial charge in [0.25, 0.3) is 0 Å². The largest absolute Gasteiger partial charge is 0.390 e. The summed E-state index contributed by atoms with van der Waals surface area (Å²) in [5.41, 5.74) is 2.27. The minimum atomic E-state index is -0.468. The molecule has 0 saturated carbocycles. The van der Waals surface area contributed by atoms with Crippen LogP contribution in [0.25, 0.3) is 0 Å². The number of aliphatic hydroxyl groups excluding tert-OH is 1. The van der Waals surface area contributed by atoms with Crippen molar-refractivity contribution in [2.75, 3.05) is 12.3 Å². The molecule has 3 nitrogen and oxygen atoms in total. The average Bonchev–Trinajstić information content (AvgIpc) is 2.88. The Morgan fingerprint density at radius 2 is 2.11 bits per heavy atom. The molecule has 0 radical (unpaired) electrons. The van der Waals surface area contributed by atoms with Crippen LogP contribution < -0.4 is 0 Å². The van der Waals surface area contributed by atoms with Gasteiger partial charge in [-0.05, 0) is 22.8 Å². The van der Waals surface area contributed by atoms with Crippen molar-refractivity contribution in [1.82, 2.24) is 4.90 Å². The summed E-state index contributed by atoms with van der Waals surface area (Å²) < 4.78 is 0. The molecule has 1 aromatic rings. The molecule has 1 saturated heterocycles. The number of aliphatic hydroxyl groups is 1. The fourth-order valence-electron chi connectivity index (χ4n) is 3.13. The zero-order valence-electron chi connectivity index (χ0n) is 10.1. The van der Waals surface area contributed by atoms with Crippen molar-refractivity contribution in [2.24, 2.45) is 5.92 Å². The first-order valence-electron chi connectivity index (χ1n) is 6.37. The average molecular weight is 263 g/mol. The van der Waals surface area contributed by atoms with Crippen molar-refractivity contribution in [3.05, 3.63) is 35.4 Å². The van der Waals surface area contributed by atoms with Gasteiger partial charge in [0.15, 0.2) is 0 Å². The van der Waals surface area contributed by atoms with Gasteiger partial charge in [-0.3, -0.25) is 4.79 Å². The van der Waals surface area contributed by atoms with E-state index in [1.54, 1.807) is 0 Å². The highest BCUT2D eigenvalue weighted by atomic mass is 32.1. The molecule has 18 heavy (non-hydrogen) atoms. The molecule has 0 spiro atoms. The number of carbonyl (C=O) groups is 1. The Hall–Kier alpha value is -1.00. The highest BCUT2D eigenvalue weighted by molar-refractivity contribution is 7.80. The zero-order valence-corrected chi connectivity index (χ0v) is 11.0. The molecule has 0 bridgehead atoms. The summed E-state index contributed by atoms with van der Waals surface area (Å²) in [6.07, 6.45) is 0.746. The standard InChI is InChI=1S/C14H17NO2S/c16-12-6-10-3-1-2-4-11(10)14(12)15-7-9(8-18)5-13(15)17/h1-4,9,12,14,16,18H,5-8H2/t9?,12-,14+/m0/s1. The first-order valence-corrected chi connectivity index (χ1v) is 7.00. The monoisotopic (exact) mass is 263 g/mol. The lowest BCUT2D eigenvalue weighted by atomic mass is 10.1. The molecule has 3 rings (SSSR count). The molecule has 1 aromatic carbocycles. The van der Waals surface area contributed by atoms with Crippen LogP contribution in [0.3, 0.4) is 0 Å². The van der Waals surface area contributed by atoms with Crippen LogP contribution in [0.1, 0.15) is 23.6 Å². The van der Waals surface area contributed by atoms with Gasteiger partial charge in [-0.1, -0.05) is 24.3 Å². The summed E-state index contributed by atoms with van der Waals surface area (Å²) in [6, 6.07) is 7.86. The number of carbonyl (C=O) groups excluding carboxylic acids is 1. The maximum absolute atomic E-state index is 12.1. The number of benzene rings is 1. The van der Waals surface area contributed by atoms with Crippen molar-refractivity contribution in [3.63, 3.8) is 0 Å². The number of thiol groups is 1. The van der Waals surface area contributed by atoms with E-state index in [-0.39, 0.29) is 11.9 Å². The Bertz CT molecular complexity index is 477. The van der Waals surface area contributed by atoms with Crippen molar-refractivity contribution < 1.29 is 9.90 Å². The maximum atomic E-state index is 12.1. The van der Waals surface area contributed by atoms with Gasteiger partial charge in [0.1, 0.15) is 0 Å². The molecule has 1 N–H and O–H groups in total. The van der Waals surface area contributed by atoms with Crippen molar-refractivity contribution in [1.29, 1.82) is 0 Å². The van der Waals surface area contributed by atoms with E-state index in [1.165, 1.54) is 0 Å². The van der Waals surface area contributed by atoms with Crippen LogP contribution in [-0.2, 0) is 11.2 Å². The van der Waals surface area contributed by atoms with Crippen LogP contribution in [0.2, 0.25) is 0 Å². The van der Waals surface area contributed by atoms with Gasteiger partial charge in [0, 0.05) is 19.4 Å². The van der Waals surface area contributed by atoms with Crippen LogP contribution in [0.4, 0.5) is 0 Å². The number of amides is 1. The van der Waals surface area contributed by atoms with Gasteiger partial charge in [0.2, 0.25) is 5.91 Å². The summed E-state index contributed by atoms with van der Waals surface area (Å²) in [5.74, 6) is 1.20. The smallest absolute Gasteiger partial charge is 0.223 e. The van der Waals surface area contributed by atoms with Crippen LogP contribution in [0, 0.1) is 5.92 Å². The van der Waals surface area contributed by atoms with E-state index in [4.69, 9.17) is 0 Å². The third-order valence-electron chi connectivity index (χ3n) is 4.00. The lowest BCUT2D eigenvalue weighted by Gasteiger charge is -2.28. The van der Waals surface area contributed by atoms with Gasteiger partial charge in [0.05, 0.1) is 12.1 Å². The second-order valence-electron chi connectivity index (χ2n) is 5.21. The van der Waals surface area contributed by atoms with E-state index >= 15 is 0 Å². The van der Waals surface area contributed by atoms with Gasteiger partial charge >= 0.3 is 0 Å². The number of rotatable bonds is 2. The lowest BCUT2D eigenvalue weighted by Crippen LogP contribution is -2.35. The highest BCUT2D eigenvalue weighted by Gasteiger charge is 2.41. The molecular weight excluding hydrogens is 246 g/mol. The number of likely N-dealkylation sites (tertiary alicyclic amines) is 1. The van der Waals surface area contributed by atoms with Gasteiger partial charge < -0.3 is 10.0 Å². The van der Waals surface area contributed by atoms with Crippen LogP contribution in [0.5, 0.6) is 0 Å². The molecule has 1 fully saturated rings. The Labute approximate surface area is 112 Å². The Morgan fingerprint density at radius 1 is 1.33 bits per heavy atom. The maximum Gasteiger partial charge on any atom is 0.223 e. The van der Waals surface area contributed by atoms with Gasteiger partial charge in [-0.15, -0.1) is 0 Å². The summed E-state index contributed by atoms with van der Waals surface area (Å²) in [5, 5.41) is 10.2. The first kappa shape index (κ1) is 12.1. The Morgan fingerprint density at radius 3 is 2.83 bits per heavy atom. The fourth-order valence-corrected chi connectivity index (χ4v) is 3.37. The zero-order chi connectivity index (χ0) is 12.7. The third-order valence-corrected chi connectivity index (χ3v) is 4.52. The predicted molar refractivity (Wildman–Crippen MR) is 72.6 cm³/mol. The number of hydrogen-bond acceptors (Lipinski definition) is 3. The number of fused-ring (bicyclic) bond motifs is 1. The quantitative estimate of drug-likeness (QED) is 0.792. The van der Waals surface area contributed by atoms with E-state index in [0.29, 0.717) is 18.8 Å². The van der Waals surface area contributed by atoms with Crippen LogP contribution in [-0.4, -0.2) is 34.3 Å². The van der Waals surface area contributed by atoms with E-state index < -0.39 is 6.10 Å². The molecule has 2 aliphatic rings. The molecule has 3 atom stereocenters. The summed E-state index contributed by atoms with van der Waals surface area (Å²) in [4.78, 5) is 13.9. The molecule has 4 heteroatoms. The highest BCUT2D eigenvalue weighted by Crippen LogP contribution is 2.39. The fraction of sp³-hybridized carbons (Fsp3) is 0.500. The number of nitrogens with zero attached hydrogens (tertiary/aromatic N) is 1. The van der Waals surface area contributed by atoms with E-state index in [2.05, 4.69) is 12.6 Å². The normalized spacial score (nSPS) is 30.9. The molecule has 1 heterocycles. The minimum absolute atomic E-state index is 0.148. The second-order valence-corrected chi connectivity index (χ2v) is 5.58. The third kappa shape index (κ3) is 1.84. The molecule has 1 unspecified atom stereocenters. The van der Waals surface area contributed by atoms with Crippen molar-refractivity contribution in [3.8, 4) is 0 Å². The summed E-state index contributed by atoms with van der Waals surface area (Å²) in [6.45, 7) is 0.721. The van der Waals surface area contributed by atoms with E-state index in [9.17, 15) is 9.90 Å².